The van der Waals surface area contributed by atoms with E-state index in [4.69, 9.17) is 10.3 Å². The van der Waals surface area contributed by atoms with E-state index in [2.05, 4.69) is 22.7 Å². The van der Waals surface area contributed by atoms with Crippen molar-refractivity contribution in [3.8, 4) is 21.7 Å². The van der Waals surface area contributed by atoms with Crippen LogP contribution in [0.2, 0.25) is 0 Å². The van der Waals surface area contributed by atoms with E-state index < -0.39 is 0 Å². The van der Waals surface area contributed by atoms with E-state index in [-0.39, 0.29) is 11.7 Å². The van der Waals surface area contributed by atoms with Gasteiger partial charge in [-0.25, -0.2) is 4.39 Å². The van der Waals surface area contributed by atoms with Crippen molar-refractivity contribution in [1.82, 2.24) is 5.16 Å². The van der Waals surface area contributed by atoms with Crippen LogP contribution in [0, 0.1) is 5.82 Å². The lowest BCUT2D eigenvalue weighted by Crippen LogP contribution is -1.87. The highest BCUT2D eigenvalue weighted by Crippen LogP contribution is 2.42. The zero-order valence-electron chi connectivity index (χ0n) is 10.7. The predicted molar refractivity (Wildman–Crippen MR) is 85.0 cm³/mol. The number of fused-ring (bicyclic) bond motifs is 1. The number of nitrogens with zero attached hydrogens (tertiary/aromatic N) is 1. The van der Waals surface area contributed by atoms with Gasteiger partial charge in [-0.3, -0.25) is 0 Å². The minimum atomic E-state index is -0.285. The summed E-state index contributed by atoms with van der Waals surface area (Å²) >= 11 is 3.33. The van der Waals surface area contributed by atoms with E-state index in [1.807, 2.05) is 0 Å². The molecule has 0 spiro atoms. The van der Waals surface area contributed by atoms with Crippen LogP contribution in [0.25, 0.3) is 31.1 Å². The molecule has 0 fully saturated rings. The number of thiophene rings is 2. The molecule has 0 unspecified atom stereocenters. The quantitative estimate of drug-likeness (QED) is 0.566. The molecule has 2 N–H and O–H groups in total. The number of hydrogen-bond acceptors (Lipinski definition) is 5. The number of halogens is 1. The van der Waals surface area contributed by atoms with Crippen molar-refractivity contribution in [1.29, 1.82) is 0 Å². The topological polar surface area (TPSA) is 52.0 Å². The van der Waals surface area contributed by atoms with Crippen LogP contribution >= 0.6 is 22.7 Å². The number of nitrogens with two attached hydrogens (primary N) is 1. The first-order valence-electron chi connectivity index (χ1n) is 6.21. The van der Waals surface area contributed by atoms with Gasteiger partial charge in [0.05, 0.1) is 10.4 Å². The zero-order chi connectivity index (χ0) is 14.4. The fraction of sp³-hybridized carbons (Fsp3) is 0. The molecule has 4 aromatic rings. The molecule has 0 amide bonds. The largest absolute Gasteiger partial charge is 0.367 e. The standard InChI is InChI=1S/C15H9FN2OS2/c16-9-3-1-8(2-4-9)13-14(18-19-15(13)17)12-7-11-10(21-12)5-6-20-11/h1-7H,17H2. The third-order valence-corrected chi connectivity index (χ3v) is 5.32. The summed E-state index contributed by atoms with van der Waals surface area (Å²) in [6.07, 6.45) is 0. The summed E-state index contributed by atoms with van der Waals surface area (Å²) in [6, 6.07) is 10.3. The highest BCUT2D eigenvalue weighted by molar-refractivity contribution is 7.28. The Morgan fingerprint density at radius 1 is 1.10 bits per heavy atom. The van der Waals surface area contributed by atoms with E-state index in [0.717, 1.165) is 10.4 Å². The molecule has 0 bridgehead atoms. The zero-order valence-corrected chi connectivity index (χ0v) is 12.3. The Kier molecular flexibility index (Phi) is 2.80. The van der Waals surface area contributed by atoms with Gasteiger partial charge in [0, 0.05) is 9.40 Å². The molecule has 3 aromatic heterocycles. The van der Waals surface area contributed by atoms with E-state index >= 15 is 0 Å². The van der Waals surface area contributed by atoms with Gasteiger partial charge in [-0.15, -0.1) is 22.7 Å². The fourth-order valence-corrected chi connectivity index (χ4v) is 4.35. The van der Waals surface area contributed by atoms with Gasteiger partial charge in [-0.2, -0.15) is 0 Å². The number of anilines is 1. The van der Waals surface area contributed by atoms with Crippen molar-refractivity contribution in [2.45, 2.75) is 0 Å². The fourth-order valence-electron chi connectivity index (χ4n) is 2.25. The summed E-state index contributed by atoms with van der Waals surface area (Å²) in [5, 5.41) is 6.14. The van der Waals surface area contributed by atoms with Crippen LogP contribution < -0.4 is 5.73 Å². The molecule has 4 rings (SSSR count). The lowest BCUT2D eigenvalue weighted by atomic mass is 10.0. The average molecular weight is 316 g/mol. The van der Waals surface area contributed by atoms with Gasteiger partial charge >= 0.3 is 0 Å². The van der Waals surface area contributed by atoms with Crippen LogP contribution in [0.5, 0.6) is 0 Å². The van der Waals surface area contributed by atoms with Crippen molar-refractivity contribution < 1.29 is 8.91 Å². The Morgan fingerprint density at radius 3 is 2.67 bits per heavy atom. The van der Waals surface area contributed by atoms with Gasteiger partial charge in [0.25, 0.3) is 0 Å². The van der Waals surface area contributed by atoms with Gasteiger partial charge < -0.3 is 10.3 Å². The van der Waals surface area contributed by atoms with E-state index in [0.29, 0.717) is 11.3 Å². The summed E-state index contributed by atoms with van der Waals surface area (Å²) < 4.78 is 20.7. The lowest BCUT2D eigenvalue weighted by Gasteiger charge is -2.00. The average Bonchev–Trinajstić information content (AvgIpc) is 3.13. The van der Waals surface area contributed by atoms with Crippen molar-refractivity contribution in [2.75, 3.05) is 5.73 Å². The van der Waals surface area contributed by atoms with Crippen molar-refractivity contribution in [3.63, 3.8) is 0 Å². The third kappa shape index (κ3) is 2.03. The minimum Gasteiger partial charge on any atom is -0.367 e. The SMILES string of the molecule is Nc1onc(-c2cc3sccc3s2)c1-c1ccc(F)cc1. The van der Waals surface area contributed by atoms with Crippen LogP contribution in [-0.4, -0.2) is 5.16 Å². The molecule has 0 aliphatic carbocycles. The van der Waals surface area contributed by atoms with Crippen molar-refractivity contribution in [3.05, 3.63) is 47.6 Å². The number of benzene rings is 1. The Hall–Kier alpha value is -2.18. The second-order valence-electron chi connectivity index (χ2n) is 4.54. The van der Waals surface area contributed by atoms with E-state index in [9.17, 15) is 4.39 Å². The van der Waals surface area contributed by atoms with Gasteiger partial charge in [-0.05, 0) is 35.2 Å². The molecule has 21 heavy (non-hydrogen) atoms. The molecule has 0 aliphatic heterocycles. The highest BCUT2D eigenvalue weighted by Gasteiger charge is 2.19. The van der Waals surface area contributed by atoms with Gasteiger partial charge in [0.1, 0.15) is 11.5 Å². The summed E-state index contributed by atoms with van der Waals surface area (Å²) in [5.74, 6) is -0.0414. The van der Waals surface area contributed by atoms with Crippen LogP contribution in [0.1, 0.15) is 0 Å². The number of hydrogen-bond donors (Lipinski definition) is 1. The summed E-state index contributed by atoms with van der Waals surface area (Å²) in [7, 11) is 0. The van der Waals surface area contributed by atoms with Crippen LogP contribution in [0.3, 0.4) is 0 Å². The normalized spacial score (nSPS) is 11.3. The summed E-state index contributed by atoms with van der Waals surface area (Å²) in [5.41, 5.74) is 8.11. The van der Waals surface area contributed by atoms with E-state index in [1.54, 1.807) is 34.8 Å². The summed E-state index contributed by atoms with van der Waals surface area (Å²) in [6.45, 7) is 0. The Bertz CT molecular complexity index is 892. The first kappa shape index (κ1) is 12.6. The Labute approximate surface area is 127 Å². The monoisotopic (exact) mass is 316 g/mol. The Morgan fingerprint density at radius 2 is 1.90 bits per heavy atom. The first-order valence-corrected chi connectivity index (χ1v) is 7.90. The molecule has 0 atom stereocenters. The number of rotatable bonds is 2. The molecular weight excluding hydrogens is 307 g/mol. The Balaban J connectivity index is 1.90. The van der Waals surface area contributed by atoms with Crippen molar-refractivity contribution >= 4 is 38.0 Å². The molecule has 3 nitrogen and oxygen atoms in total. The van der Waals surface area contributed by atoms with Gasteiger partial charge in [0.15, 0.2) is 0 Å². The number of aromatic nitrogens is 1. The van der Waals surface area contributed by atoms with Crippen LogP contribution in [0.15, 0.2) is 46.3 Å². The third-order valence-electron chi connectivity index (χ3n) is 3.22. The molecule has 6 heteroatoms. The maximum atomic E-state index is 13.1. The first-order chi connectivity index (χ1) is 10.2. The van der Waals surface area contributed by atoms with Crippen LogP contribution in [-0.2, 0) is 0 Å². The molecule has 0 saturated carbocycles. The maximum absolute atomic E-state index is 13.1. The molecular formula is C15H9FN2OS2. The molecule has 104 valence electrons. The smallest absolute Gasteiger partial charge is 0.230 e. The van der Waals surface area contributed by atoms with Crippen LogP contribution in [0.4, 0.5) is 10.3 Å². The van der Waals surface area contributed by atoms with Crippen molar-refractivity contribution in [2.24, 2.45) is 0 Å². The second-order valence-corrected chi connectivity index (χ2v) is 6.57. The molecule has 0 saturated heterocycles. The molecule has 0 radical (unpaired) electrons. The molecule has 0 aliphatic rings. The van der Waals surface area contributed by atoms with Gasteiger partial charge in [0.2, 0.25) is 5.88 Å². The second kappa shape index (κ2) is 4.68. The maximum Gasteiger partial charge on any atom is 0.230 e. The predicted octanol–water partition coefficient (Wildman–Crippen LogP) is 5.01. The highest BCUT2D eigenvalue weighted by atomic mass is 32.1. The van der Waals surface area contributed by atoms with Gasteiger partial charge in [-0.1, -0.05) is 17.3 Å². The lowest BCUT2D eigenvalue weighted by molar-refractivity contribution is 0.439. The molecule has 3 heterocycles. The van der Waals surface area contributed by atoms with E-state index in [1.165, 1.54) is 21.5 Å². The molecule has 1 aromatic carbocycles. The minimum absolute atomic E-state index is 0.244. The number of nitrogen functional groups attached to an aromatic ring is 1. The summed E-state index contributed by atoms with van der Waals surface area (Å²) in [4.78, 5) is 0.997.